The second-order valence-electron chi connectivity index (χ2n) is 6.96. The highest BCUT2D eigenvalue weighted by Crippen LogP contribution is 2.30. The second-order valence-corrected chi connectivity index (χ2v) is 7.39. The van der Waals surface area contributed by atoms with E-state index in [-0.39, 0.29) is 0 Å². The van der Waals surface area contributed by atoms with Crippen molar-refractivity contribution in [2.75, 3.05) is 26.2 Å². The highest BCUT2D eigenvalue weighted by molar-refractivity contribution is 6.30. The van der Waals surface area contributed by atoms with Gasteiger partial charge in [0.05, 0.1) is 0 Å². The molecule has 0 bridgehead atoms. The zero-order valence-electron chi connectivity index (χ0n) is 13.7. The van der Waals surface area contributed by atoms with Crippen LogP contribution in [-0.4, -0.2) is 31.1 Å². The van der Waals surface area contributed by atoms with E-state index in [4.69, 9.17) is 11.6 Å². The van der Waals surface area contributed by atoms with Crippen molar-refractivity contribution in [3.63, 3.8) is 0 Å². The van der Waals surface area contributed by atoms with E-state index in [1.807, 2.05) is 12.1 Å². The van der Waals surface area contributed by atoms with Crippen LogP contribution >= 0.6 is 11.6 Å². The van der Waals surface area contributed by atoms with Gasteiger partial charge in [-0.15, -0.1) is 0 Å². The molecule has 1 aliphatic rings. The number of nitrogens with zero attached hydrogens (tertiary/aromatic N) is 1. The predicted molar refractivity (Wildman–Crippen MR) is 91.9 cm³/mol. The quantitative estimate of drug-likeness (QED) is 0.832. The van der Waals surface area contributed by atoms with Crippen molar-refractivity contribution >= 4 is 11.6 Å². The Bertz CT molecular complexity index is 417. The number of rotatable bonds is 6. The van der Waals surface area contributed by atoms with E-state index in [9.17, 15) is 0 Å². The average molecular weight is 309 g/mol. The third kappa shape index (κ3) is 5.28. The van der Waals surface area contributed by atoms with Gasteiger partial charge in [0.2, 0.25) is 0 Å². The van der Waals surface area contributed by atoms with E-state index >= 15 is 0 Å². The molecule has 21 heavy (non-hydrogen) atoms. The molecule has 118 valence electrons. The zero-order chi connectivity index (χ0) is 15.3. The molecule has 0 saturated carbocycles. The Hall–Kier alpha value is -0.570. The molecule has 1 atom stereocenters. The van der Waals surface area contributed by atoms with E-state index in [1.165, 1.54) is 38.0 Å². The normalized spacial score (nSPS) is 20.4. The van der Waals surface area contributed by atoms with E-state index in [1.54, 1.807) is 0 Å². The lowest BCUT2D eigenvalue weighted by atomic mass is 9.82. The lowest BCUT2D eigenvalue weighted by Crippen LogP contribution is -2.39. The number of nitrogens with one attached hydrogen (secondary N) is 1. The number of likely N-dealkylation sites (tertiary alicyclic amines) is 1. The third-order valence-corrected chi connectivity index (χ3v) is 4.92. The summed E-state index contributed by atoms with van der Waals surface area (Å²) in [6.07, 6.45) is 3.80. The van der Waals surface area contributed by atoms with Gasteiger partial charge in [0.25, 0.3) is 0 Å². The summed E-state index contributed by atoms with van der Waals surface area (Å²) in [6.45, 7) is 11.6. The molecule has 1 unspecified atom stereocenters. The monoisotopic (exact) mass is 308 g/mol. The van der Waals surface area contributed by atoms with Gasteiger partial charge in [0.1, 0.15) is 0 Å². The molecule has 1 aromatic carbocycles. The maximum atomic E-state index is 5.99. The van der Waals surface area contributed by atoms with Crippen LogP contribution in [0, 0.1) is 5.41 Å². The standard InChI is InChI=1S/C18H29ClN2/c1-4-20-17(15-5-7-16(19)8-6-15)9-12-21-13-10-18(2,3)11-14-21/h5-8,17,20H,4,9-14H2,1-3H3. The van der Waals surface area contributed by atoms with Crippen LogP contribution in [0.5, 0.6) is 0 Å². The van der Waals surface area contributed by atoms with Gasteiger partial charge in [-0.25, -0.2) is 0 Å². The molecular formula is C18H29ClN2. The maximum Gasteiger partial charge on any atom is 0.0406 e. The molecule has 1 fully saturated rings. The predicted octanol–water partition coefficient (Wildman–Crippen LogP) is 4.50. The SMILES string of the molecule is CCNC(CCN1CCC(C)(C)CC1)c1ccc(Cl)cc1. The topological polar surface area (TPSA) is 15.3 Å². The van der Waals surface area contributed by atoms with Gasteiger partial charge in [0.15, 0.2) is 0 Å². The van der Waals surface area contributed by atoms with Gasteiger partial charge in [0, 0.05) is 11.1 Å². The minimum absolute atomic E-state index is 0.433. The molecular weight excluding hydrogens is 280 g/mol. The number of halogens is 1. The molecule has 2 nitrogen and oxygen atoms in total. The zero-order valence-corrected chi connectivity index (χ0v) is 14.4. The van der Waals surface area contributed by atoms with E-state index < -0.39 is 0 Å². The summed E-state index contributed by atoms with van der Waals surface area (Å²) in [5, 5.41) is 4.42. The molecule has 1 N–H and O–H groups in total. The van der Waals surface area contributed by atoms with Crippen LogP contribution in [0.4, 0.5) is 0 Å². The first-order chi connectivity index (χ1) is 10.00. The Morgan fingerprint density at radius 1 is 1.19 bits per heavy atom. The van der Waals surface area contributed by atoms with E-state index in [0.717, 1.165) is 18.0 Å². The van der Waals surface area contributed by atoms with Gasteiger partial charge in [-0.1, -0.05) is 44.5 Å². The maximum absolute atomic E-state index is 5.99. The Morgan fingerprint density at radius 3 is 2.38 bits per heavy atom. The minimum Gasteiger partial charge on any atom is -0.310 e. The van der Waals surface area contributed by atoms with Crippen molar-refractivity contribution in [3.05, 3.63) is 34.9 Å². The summed E-state index contributed by atoms with van der Waals surface area (Å²) >= 11 is 5.99. The summed E-state index contributed by atoms with van der Waals surface area (Å²) in [6, 6.07) is 8.71. The highest BCUT2D eigenvalue weighted by Gasteiger charge is 2.25. The highest BCUT2D eigenvalue weighted by atomic mass is 35.5. The number of hydrogen-bond donors (Lipinski definition) is 1. The van der Waals surface area contributed by atoms with Crippen molar-refractivity contribution in [2.45, 2.75) is 46.1 Å². The van der Waals surface area contributed by atoms with E-state index in [2.05, 4.69) is 43.1 Å². The van der Waals surface area contributed by atoms with Crippen molar-refractivity contribution in [1.29, 1.82) is 0 Å². The lowest BCUT2D eigenvalue weighted by molar-refractivity contribution is 0.128. The summed E-state index contributed by atoms with van der Waals surface area (Å²) in [5.41, 5.74) is 1.88. The lowest BCUT2D eigenvalue weighted by Gasteiger charge is -2.37. The van der Waals surface area contributed by atoms with Gasteiger partial charge in [-0.2, -0.15) is 0 Å². The average Bonchev–Trinajstić information content (AvgIpc) is 2.46. The number of benzene rings is 1. The molecule has 1 aromatic rings. The van der Waals surface area contributed by atoms with Crippen LogP contribution in [0.15, 0.2) is 24.3 Å². The smallest absolute Gasteiger partial charge is 0.0406 e. The molecule has 3 heteroatoms. The number of hydrogen-bond acceptors (Lipinski definition) is 2. The largest absolute Gasteiger partial charge is 0.310 e. The van der Waals surface area contributed by atoms with Crippen LogP contribution in [0.1, 0.15) is 51.6 Å². The van der Waals surface area contributed by atoms with Crippen molar-refractivity contribution < 1.29 is 0 Å². The van der Waals surface area contributed by atoms with Gasteiger partial charge in [-0.05, 0) is 68.6 Å². The molecule has 2 rings (SSSR count). The van der Waals surface area contributed by atoms with Crippen molar-refractivity contribution in [2.24, 2.45) is 5.41 Å². The summed E-state index contributed by atoms with van der Waals surface area (Å²) < 4.78 is 0. The molecule has 0 spiro atoms. The first-order valence-corrected chi connectivity index (χ1v) is 8.59. The fourth-order valence-corrected chi connectivity index (χ4v) is 3.15. The van der Waals surface area contributed by atoms with Crippen molar-refractivity contribution in [1.82, 2.24) is 10.2 Å². The Morgan fingerprint density at radius 2 is 1.81 bits per heavy atom. The molecule has 0 amide bonds. The van der Waals surface area contributed by atoms with Crippen LogP contribution in [-0.2, 0) is 0 Å². The fraction of sp³-hybridized carbons (Fsp3) is 0.667. The number of piperidine rings is 1. The van der Waals surface area contributed by atoms with Crippen LogP contribution in [0.25, 0.3) is 0 Å². The molecule has 0 radical (unpaired) electrons. The summed E-state index contributed by atoms with van der Waals surface area (Å²) in [4.78, 5) is 2.62. The van der Waals surface area contributed by atoms with Crippen LogP contribution in [0.2, 0.25) is 5.02 Å². The van der Waals surface area contributed by atoms with Gasteiger partial charge in [-0.3, -0.25) is 0 Å². The first kappa shape index (κ1) is 16.8. The van der Waals surface area contributed by atoms with E-state index in [0.29, 0.717) is 11.5 Å². The van der Waals surface area contributed by atoms with Gasteiger partial charge >= 0.3 is 0 Å². The Labute approximate surface area is 134 Å². The Kier molecular flexibility index (Phi) is 6.09. The molecule has 1 aliphatic heterocycles. The van der Waals surface area contributed by atoms with Crippen LogP contribution < -0.4 is 5.32 Å². The van der Waals surface area contributed by atoms with Crippen molar-refractivity contribution in [3.8, 4) is 0 Å². The fourth-order valence-electron chi connectivity index (χ4n) is 3.02. The molecule has 1 saturated heterocycles. The summed E-state index contributed by atoms with van der Waals surface area (Å²) in [7, 11) is 0. The minimum atomic E-state index is 0.433. The van der Waals surface area contributed by atoms with Gasteiger partial charge < -0.3 is 10.2 Å². The second kappa shape index (κ2) is 7.62. The first-order valence-electron chi connectivity index (χ1n) is 8.21. The molecule has 0 aliphatic carbocycles. The Balaban J connectivity index is 1.87. The molecule has 0 aromatic heterocycles. The molecule has 1 heterocycles. The van der Waals surface area contributed by atoms with Crippen LogP contribution in [0.3, 0.4) is 0 Å². The summed E-state index contributed by atoms with van der Waals surface area (Å²) in [5.74, 6) is 0. The third-order valence-electron chi connectivity index (χ3n) is 4.67.